The predicted molar refractivity (Wildman–Crippen MR) is 159 cm³/mol. The monoisotopic (exact) mass is 562 g/mol. The van der Waals surface area contributed by atoms with Crippen LogP contribution in [0.15, 0.2) is 48.5 Å². The summed E-state index contributed by atoms with van der Waals surface area (Å²) in [6.07, 6.45) is 8.84. The third kappa shape index (κ3) is 8.03. The van der Waals surface area contributed by atoms with Crippen LogP contribution < -0.4 is 14.8 Å². The van der Waals surface area contributed by atoms with Gasteiger partial charge in [-0.25, -0.2) is 0 Å². The number of hydrogen-bond donors (Lipinski definition) is 1. The van der Waals surface area contributed by atoms with Crippen molar-refractivity contribution < 1.29 is 23.8 Å². The fraction of sp³-hybridized carbons (Fsp3) is 0.588. The minimum atomic E-state index is -0.435. The van der Waals surface area contributed by atoms with Crippen molar-refractivity contribution in [1.29, 1.82) is 0 Å². The predicted octanol–water partition coefficient (Wildman–Crippen LogP) is 5.20. The number of nitrogens with one attached hydrogen (secondary N) is 1. The van der Waals surface area contributed by atoms with Crippen LogP contribution in [0.2, 0.25) is 0 Å². The number of esters is 1. The van der Waals surface area contributed by atoms with Crippen molar-refractivity contribution in [2.24, 2.45) is 17.8 Å². The number of carbonyl (C=O) groups excluding carboxylic acids is 2. The van der Waals surface area contributed by atoms with E-state index in [1.165, 1.54) is 24.8 Å². The minimum Gasteiger partial charge on any atom is -0.497 e. The fourth-order valence-electron chi connectivity index (χ4n) is 7.75. The van der Waals surface area contributed by atoms with Crippen LogP contribution in [-0.4, -0.2) is 62.8 Å². The van der Waals surface area contributed by atoms with Crippen LogP contribution in [0.1, 0.15) is 62.5 Å². The van der Waals surface area contributed by atoms with E-state index in [1.807, 2.05) is 49.3 Å². The molecule has 4 aliphatic carbocycles. The molecular weight excluding hydrogens is 516 g/mol. The van der Waals surface area contributed by atoms with Crippen LogP contribution >= 0.6 is 0 Å². The third-order valence-electron chi connectivity index (χ3n) is 9.08. The second kappa shape index (κ2) is 13.3. The molecule has 0 heterocycles. The summed E-state index contributed by atoms with van der Waals surface area (Å²) < 4.78 is 17.4. The van der Waals surface area contributed by atoms with Crippen molar-refractivity contribution in [2.75, 3.05) is 34.4 Å². The van der Waals surface area contributed by atoms with Gasteiger partial charge in [0.1, 0.15) is 24.2 Å². The van der Waals surface area contributed by atoms with E-state index in [0.29, 0.717) is 6.54 Å². The minimum absolute atomic E-state index is 0.0192. The van der Waals surface area contributed by atoms with Gasteiger partial charge in [0.05, 0.1) is 13.5 Å². The number of carbonyl (C=O) groups is 2. The Hall–Kier alpha value is -3.06. The Morgan fingerprint density at radius 1 is 0.951 bits per heavy atom. The second-order valence-electron chi connectivity index (χ2n) is 12.9. The Kier molecular flexibility index (Phi) is 9.53. The highest BCUT2D eigenvalue weighted by Gasteiger charge is 2.51. The quantitative estimate of drug-likeness (QED) is 0.319. The standard InChI is InChI=1S/C34H46N2O5/c1-36(2)22-30(23-40-31-10-5-4-8-28(31)12-11-24-7-6-9-29(18-24)39-3)41-33(38)14-13-32(37)35-34-19-25-15-26(20-34)17-27(16-25)21-34/h4-10,18,25-27,30H,11-17,19-23H2,1-3H3,(H,35,37). The Morgan fingerprint density at radius 3 is 2.34 bits per heavy atom. The first-order valence-electron chi connectivity index (χ1n) is 15.3. The highest BCUT2D eigenvalue weighted by molar-refractivity contribution is 5.82. The van der Waals surface area contributed by atoms with Crippen LogP contribution in [0, 0.1) is 17.8 Å². The van der Waals surface area contributed by atoms with E-state index in [4.69, 9.17) is 14.2 Å². The number of nitrogens with zero attached hydrogens (tertiary/aromatic N) is 1. The van der Waals surface area contributed by atoms with E-state index < -0.39 is 6.10 Å². The fourth-order valence-corrected chi connectivity index (χ4v) is 7.75. The molecule has 2 aromatic rings. The van der Waals surface area contributed by atoms with Crippen molar-refractivity contribution >= 4 is 11.9 Å². The van der Waals surface area contributed by atoms with E-state index in [0.717, 1.165) is 66.9 Å². The largest absolute Gasteiger partial charge is 0.497 e. The molecule has 2 aromatic carbocycles. The number of amides is 1. The van der Waals surface area contributed by atoms with Crippen molar-refractivity contribution in [3.63, 3.8) is 0 Å². The number of hydrogen-bond acceptors (Lipinski definition) is 6. The summed E-state index contributed by atoms with van der Waals surface area (Å²) in [6.45, 7) is 0.788. The van der Waals surface area contributed by atoms with Gasteiger partial charge in [-0.1, -0.05) is 30.3 Å². The summed E-state index contributed by atoms with van der Waals surface area (Å²) in [5.41, 5.74) is 2.27. The zero-order chi connectivity index (χ0) is 28.8. The second-order valence-corrected chi connectivity index (χ2v) is 12.9. The third-order valence-corrected chi connectivity index (χ3v) is 9.08. The first-order chi connectivity index (χ1) is 19.8. The van der Waals surface area contributed by atoms with Crippen LogP contribution in [0.4, 0.5) is 0 Å². The molecule has 0 aliphatic heterocycles. The molecule has 0 spiro atoms. The van der Waals surface area contributed by atoms with E-state index in [2.05, 4.69) is 23.5 Å². The lowest BCUT2D eigenvalue weighted by Gasteiger charge is -2.56. The molecule has 1 N–H and O–H groups in total. The molecule has 4 bridgehead atoms. The zero-order valence-electron chi connectivity index (χ0n) is 24.9. The number of rotatable bonds is 14. The normalized spacial score (nSPS) is 25.1. The van der Waals surface area contributed by atoms with Gasteiger partial charge in [-0.3, -0.25) is 9.59 Å². The van der Waals surface area contributed by atoms with Gasteiger partial charge in [0, 0.05) is 18.5 Å². The van der Waals surface area contributed by atoms with Crippen LogP contribution in [0.25, 0.3) is 0 Å². The summed E-state index contributed by atoms with van der Waals surface area (Å²) >= 11 is 0. The van der Waals surface area contributed by atoms with Gasteiger partial charge < -0.3 is 24.4 Å². The smallest absolute Gasteiger partial charge is 0.306 e. The highest BCUT2D eigenvalue weighted by Crippen LogP contribution is 2.55. The highest BCUT2D eigenvalue weighted by atomic mass is 16.6. The van der Waals surface area contributed by atoms with Crippen LogP contribution in [-0.2, 0) is 27.2 Å². The van der Waals surface area contributed by atoms with E-state index in [-0.39, 0.29) is 36.9 Å². The lowest BCUT2D eigenvalue weighted by Crippen LogP contribution is -2.59. The maximum atomic E-state index is 12.9. The summed E-state index contributed by atoms with van der Waals surface area (Å²) in [6, 6.07) is 16.1. The molecule has 222 valence electrons. The van der Waals surface area contributed by atoms with Gasteiger partial charge in [0.2, 0.25) is 5.91 Å². The number of likely N-dealkylation sites (N-methyl/N-ethyl adjacent to an activating group) is 1. The van der Waals surface area contributed by atoms with Crippen LogP contribution in [0.5, 0.6) is 11.5 Å². The number of methoxy groups -OCH3 is 1. The van der Waals surface area contributed by atoms with Gasteiger partial charge in [-0.05, 0) is 113 Å². The molecule has 41 heavy (non-hydrogen) atoms. The van der Waals surface area contributed by atoms with Gasteiger partial charge in [-0.15, -0.1) is 0 Å². The van der Waals surface area contributed by atoms with E-state index in [9.17, 15) is 9.59 Å². The summed E-state index contributed by atoms with van der Waals surface area (Å²) in [4.78, 5) is 27.7. The lowest BCUT2D eigenvalue weighted by molar-refractivity contribution is -0.152. The molecule has 4 saturated carbocycles. The SMILES string of the molecule is COc1cccc(CCc2ccccc2OCC(CN(C)C)OC(=O)CCC(=O)NC23CC4CC(CC(C4)C2)C3)c1. The molecule has 0 aromatic heterocycles. The van der Waals surface area contributed by atoms with Crippen molar-refractivity contribution in [3.05, 3.63) is 59.7 Å². The number of benzene rings is 2. The molecule has 4 fully saturated rings. The molecule has 6 rings (SSSR count). The molecule has 1 amide bonds. The molecule has 0 radical (unpaired) electrons. The summed E-state index contributed by atoms with van der Waals surface area (Å²) in [5.74, 6) is 3.58. The summed E-state index contributed by atoms with van der Waals surface area (Å²) in [5, 5.41) is 3.36. The maximum absolute atomic E-state index is 12.9. The van der Waals surface area contributed by atoms with Gasteiger partial charge in [0.25, 0.3) is 0 Å². The topological polar surface area (TPSA) is 77.1 Å². The Labute approximate surface area is 244 Å². The maximum Gasteiger partial charge on any atom is 0.306 e. The molecular formula is C34H46N2O5. The molecule has 1 unspecified atom stereocenters. The lowest BCUT2D eigenvalue weighted by atomic mass is 9.53. The Bertz CT molecular complexity index is 1160. The van der Waals surface area contributed by atoms with Gasteiger partial charge in [0.15, 0.2) is 0 Å². The van der Waals surface area contributed by atoms with E-state index in [1.54, 1.807) is 7.11 Å². The molecule has 4 aliphatic rings. The number of aryl methyl sites for hydroxylation is 2. The molecule has 7 heteroatoms. The van der Waals surface area contributed by atoms with Crippen molar-refractivity contribution in [3.8, 4) is 11.5 Å². The molecule has 1 atom stereocenters. The number of ether oxygens (including phenoxy) is 3. The first-order valence-corrected chi connectivity index (χ1v) is 15.3. The zero-order valence-corrected chi connectivity index (χ0v) is 24.9. The molecule has 0 saturated heterocycles. The van der Waals surface area contributed by atoms with Crippen molar-refractivity contribution in [2.45, 2.75) is 75.9 Å². The van der Waals surface area contributed by atoms with Gasteiger partial charge in [-0.2, -0.15) is 0 Å². The molecule has 7 nitrogen and oxygen atoms in total. The first kappa shape index (κ1) is 29.4. The van der Waals surface area contributed by atoms with Gasteiger partial charge >= 0.3 is 5.97 Å². The Morgan fingerprint density at radius 2 is 1.66 bits per heavy atom. The van der Waals surface area contributed by atoms with Crippen LogP contribution in [0.3, 0.4) is 0 Å². The average molecular weight is 563 g/mol. The average Bonchev–Trinajstić information content (AvgIpc) is 2.93. The van der Waals surface area contributed by atoms with E-state index >= 15 is 0 Å². The summed E-state index contributed by atoms with van der Waals surface area (Å²) in [7, 11) is 5.57. The number of para-hydroxylation sites is 1. The Balaban J connectivity index is 1.10. The van der Waals surface area contributed by atoms with Crippen molar-refractivity contribution in [1.82, 2.24) is 10.2 Å².